The summed E-state index contributed by atoms with van der Waals surface area (Å²) in [5.41, 5.74) is 0.921. The van der Waals surface area contributed by atoms with Crippen LogP contribution >= 0.6 is 0 Å². The highest BCUT2D eigenvalue weighted by molar-refractivity contribution is 5.53. The second-order valence-corrected chi connectivity index (χ2v) is 7.81. The fraction of sp³-hybridized carbons (Fsp3) is 0.333. The number of halogens is 3. The Morgan fingerprint density at radius 3 is 1.77 bits per heavy atom. The fourth-order valence-electron chi connectivity index (χ4n) is 2.33. The second kappa shape index (κ2) is 12.9. The van der Waals surface area contributed by atoms with Crippen molar-refractivity contribution in [2.45, 2.75) is 47.0 Å². The Kier molecular flexibility index (Phi) is 11.8. The quantitative estimate of drug-likeness (QED) is 0.262. The van der Waals surface area contributed by atoms with Crippen LogP contribution in [0.1, 0.15) is 47.0 Å². The van der Waals surface area contributed by atoms with Gasteiger partial charge in [0.15, 0.2) is 11.7 Å². The summed E-state index contributed by atoms with van der Waals surface area (Å²) in [5, 5.41) is 0. The van der Waals surface area contributed by atoms with E-state index in [4.69, 9.17) is 0 Å². The van der Waals surface area contributed by atoms with Crippen molar-refractivity contribution in [3.63, 3.8) is 0 Å². The average Bonchev–Trinajstić information content (AvgIpc) is 2.72. The topological polar surface area (TPSA) is 0 Å². The zero-order valence-corrected chi connectivity index (χ0v) is 18.9. The van der Waals surface area contributed by atoms with Crippen molar-refractivity contribution in [2.24, 2.45) is 11.8 Å². The van der Waals surface area contributed by atoms with Crippen LogP contribution in [0.3, 0.4) is 0 Å². The highest BCUT2D eigenvalue weighted by Crippen LogP contribution is 2.28. The largest absolute Gasteiger partial charge is 0.206 e. The minimum Gasteiger partial charge on any atom is -0.206 e. The number of rotatable bonds is 13. The van der Waals surface area contributed by atoms with Crippen LogP contribution < -0.4 is 0 Å². The molecule has 0 spiro atoms. The van der Waals surface area contributed by atoms with E-state index in [0.29, 0.717) is 11.5 Å². The predicted octanol–water partition coefficient (Wildman–Crippen LogP) is 9.37. The van der Waals surface area contributed by atoms with Crippen molar-refractivity contribution in [3.05, 3.63) is 109 Å². The normalized spacial score (nSPS) is 14.7. The summed E-state index contributed by atoms with van der Waals surface area (Å²) in [5.74, 6) is -1.96. The van der Waals surface area contributed by atoms with Gasteiger partial charge in [-0.1, -0.05) is 85.2 Å². The molecule has 0 bridgehead atoms. The van der Waals surface area contributed by atoms with Crippen LogP contribution in [-0.2, 0) is 0 Å². The fourth-order valence-corrected chi connectivity index (χ4v) is 2.33. The first-order chi connectivity index (χ1) is 13.8. The van der Waals surface area contributed by atoms with Crippen LogP contribution in [0.4, 0.5) is 13.2 Å². The molecule has 0 saturated carbocycles. The van der Waals surface area contributed by atoms with Crippen molar-refractivity contribution >= 4 is 0 Å². The number of allylic oxidation sites excluding steroid dienone is 12. The Hall–Kier alpha value is -2.55. The van der Waals surface area contributed by atoms with Gasteiger partial charge in [-0.3, -0.25) is 0 Å². The first-order valence-corrected chi connectivity index (χ1v) is 10.1. The summed E-state index contributed by atoms with van der Waals surface area (Å²) in [7, 11) is 0. The van der Waals surface area contributed by atoms with Crippen molar-refractivity contribution in [3.8, 4) is 0 Å². The average molecular weight is 417 g/mol. The molecule has 0 radical (unpaired) electrons. The van der Waals surface area contributed by atoms with Gasteiger partial charge in [0.05, 0.1) is 0 Å². The third-order valence-electron chi connectivity index (χ3n) is 5.12. The maximum atomic E-state index is 14.6. The van der Waals surface area contributed by atoms with Gasteiger partial charge < -0.3 is 0 Å². The molecule has 0 fully saturated rings. The zero-order chi connectivity index (χ0) is 23.6. The summed E-state index contributed by atoms with van der Waals surface area (Å²) in [6, 6.07) is 0. The molecule has 0 amide bonds. The van der Waals surface area contributed by atoms with Crippen molar-refractivity contribution in [1.82, 2.24) is 0 Å². The lowest BCUT2D eigenvalue weighted by molar-refractivity contribution is 0.453. The summed E-state index contributed by atoms with van der Waals surface area (Å²) < 4.78 is 42.2. The molecule has 0 aromatic heterocycles. The highest BCUT2D eigenvalue weighted by Gasteiger charge is 2.13. The van der Waals surface area contributed by atoms with Crippen LogP contribution in [0.5, 0.6) is 0 Å². The number of hydrogen-bond donors (Lipinski definition) is 0. The van der Waals surface area contributed by atoms with Gasteiger partial charge in [0.25, 0.3) is 0 Å². The highest BCUT2D eigenvalue weighted by atomic mass is 19.2. The molecule has 0 N–H and O–H groups in total. The molecule has 3 heteroatoms. The lowest BCUT2D eigenvalue weighted by atomic mass is 9.91. The maximum Gasteiger partial charge on any atom is 0.166 e. The van der Waals surface area contributed by atoms with Gasteiger partial charge in [-0.25, -0.2) is 13.2 Å². The van der Waals surface area contributed by atoms with E-state index < -0.39 is 17.5 Å². The standard InChI is InChI=1S/C27H35F3/c1-11-18(4)12-13-19(5)22(8)16-25(28)23(9)20(6)14-15-21(7)24(10)27(30)26(29)17(2)3/h14-16,18-19H,2,6-13H2,1,3-5H3/b15-14-,25-16+,27-26-. The van der Waals surface area contributed by atoms with Gasteiger partial charge in [0.2, 0.25) is 0 Å². The summed E-state index contributed by atoms with van der Waals surface area (Å²) >= 11 is 0. The molecule has 0 heterocycles. The molecular formula is C27H35F3. The molecule has 0 rings (SSSR count). The molecule has 0 saturated heterocycles. The van der Waals surface area contributed by atoms with E-state index in [1.165, 1.54) is 25.2 Å². The molecule has 0 aliphatic rings. The Morgan fingerprint density at radius 1 is 0.800 bits per heavy atom. The van der Waals surface area contributed by atoms with E-state index in [-0.39, 0.29) is 33.8 Å². The van der Waals surface area contributed by atoms with E-state index in [1.807, 2.05) is 6.92 Å². The summed E-state index contributed by atoms with van der Waals surface area (Å²) in [4.78, 5) is 0. The first-order valence-electron chi connectivity index (χ1n) is 10.1. The van der Waals surface area contributed by atoms with Crippen molar-refractivity contribution < 1.29 is 13.2 Å². The molecule has 0 aliphatic heterocycles. The van der Waals surface area contributed by atoms with Gasteiger partial charge in [-0.05, 0) is 53.5 Å². The SMILES string of the molecule is C=C(/C=C\C(=C)C(=C)/C(F)=C\C(=C)C(C)CCC(C)CC)C(=C)/C(F)=C(/F)C(=C)C. The predicted molar refractivity (Wildman–Crippen MR) is 126 cm³/mol. The Balaban J connectivity index is 5.10. The molecular weight excluding hydrogens is 381 g/mol. The molecule has 2 atom stereocenters. The van der Waals surface area contributed by atoms with Crippen LogP contribution in [0, 0.1) is 11.8 Å². The Morgan fingerprint density at radius 2 is 1.30 bits per heavy atom. The summed E-state index contributed by atoms with van der Waals surface area (Å²) in [6.45, 7) is 29.7. The van der Waals surface area contributed by atoms with Crippen molar-refractivity contribution in [1.29, 1.82) is 0 Å². The van der Waals surface area contributed by atoms with Gasteiger partial charge in [-0.15, -0.1) is 0 Å². The molecule has 0 aromatic rings. The van der Waals surface area contributed by atoms with Crippen molar-refractivity contribution in [2.75, 3.05) is 0 Å². The van der Waals surface area contributed by atoms with E-state index in [0.717, 1.165) is 19.3 Å². The third kappa shape index (κ3) is 8.86. The van der Waals surface area contributed by atoms with E-state index in [9.17, 15) is 13.2 Å². The molecule has 164 valence electrons. The zero-order valence-electron chi connectivity index (χ0n) is 18.9. The molecule has 30 heavy (non-hydrogen) atoms. The molecule has 2 unspecified atom stereocenters. The van der Waals surface area contributed by atoms with Gasteiger partial charge in [0, 0.05) is 11.1 Å². The van der Waals surface area contributed by atoms with Gasteiger partial charge >= 0.3 is 0 Å². The Labute approximate surface area is 181 Å². The number of hydrogen-bond acceptors (Lipinski definition) is 0. The molecule has 0 nitrogen and oxygen atoms in total. The molecule has 0 aliphatic carbocycles. The summed E-state index contributed by atoms with van der Waals surface area (Å²) in [6.07, 6.45) is 7.31. The lowest BCUT2D eigenvalue weighted by Crippen LogP contribution is -2.01. The second-order valence-electron chi connectivity index (χ2n) is 7.81. The monoisotopic (exact) mass is 416 g/mol. The van der Waals surface area contributed by atoms with Gasteiger partial charge in [0.1, 0.15) is 5.83 Å². The van der Waals surface area contributed by atoms with Crippen LogP contribution in [0.15, 0.2) is 109 Å². The van der Waals surface area contributed by atoms with Crippen LogP contribution in [-0.4, -0.2) is 0 Å². The van der Waals surface area contributed by atoms with Crippen LogP contribution in [0.2, 0.25) is 0 Å². The smallest absolute Gasteiger partial charge is 0.166 e. The first kappa shape index (κ1) is 27.4. The molecule has 0 aromatic carbocycles. The minimum absolute atomic E-state index is 0.0472. The minimum atomic E-state index is -1.13. The third-order valence-corrected chi connectivity index (χ3v) is 5.12. The van der Waals surface area contributed by atoms with E-state index >= 15 is 0 Å². The van der Waals surface area contributed by atoms with Crippen LogP contribution in [0.25, 0.3) is 0 Å². The van der Waals surface area contributed by atoms with Gasteiger partial charge in [-0.2, -0.15) is 0 Å². The maximum absolute atomic E-state index is 14.6. The van der Waals surface area contributed by atoms with E-state index in [1.54, 1.807) is 0 Å². The Bertz CT molecular complexity index is 815. The van der Waals surface area contributed by atoms with E-state index in [2.05, 4.69) is 53.3 Å². The lowest BCUT2D eigenvalue weighted by Gasteiger charge is -2.15.